The van der Waals surface area contributed by atoms with E-state index in [1.54, 1.807) is 0 Å². The summed E-state index contributed by atoms with van der Waals surface area (Å²) in [5.41, 5.74) is 2.28. The fraction of sp³-hybridized carbons (Fsp3) is 0.429. The van der Waals surface area contributed by atoms with E-state index in [-0.39, 0.29) is 5.91 Å². The number of carbonyl (C=O) groups is 1. The number of hydrogen-bond donors (Lipinski definition) is 0. The molecule has 1 aromatic carbocycles. The molecular formula is C14H16N2O. The Hall–Kier alpha value is -1.82. The van der Waals surface area contributed by atoms with Crippen molar-refractivity contribution in [2.45, 2.75) is 32.1 Å². The second kappa shape index (κ2) is 5.49. The summed E-state index contributed by atoms with van der Waals surface area (Å²) >= 11 is 0. The van der Waals surface area contributed by atoms with Crippen LogP contribution in [-0.4, -0.2) is 12.5 Å². The Kier molecular flexibility index (Phi) is 3.77. The molecule has 1 aliphatic heterocycles. The van der Waals surface area contributed by atoms with E-state index in [4.69, 9.17) is 5.26 Å². The van der Waals surface area contributed by atoms with Crippen LogP contribution in [0.2, 0.25) is 0 Å². The van der Waals surface area contributed by atoms with Crippen molar-refractivity contribution >= 4 is 11.6 Å². The van der Waals surface area contributed by atoms with Gasteiger partial charge in [-0.25, -0.2) is 0 Å². The maximum absolute atomic E-state index is 12.0. The summed E-state index contributed by atoms with van der Waals surface area (Å²) in [6, 6.07) is 10.2. The van der Waals surface area contributed by atoms with E-state index in [9.17, 15) is 4.79 Å². The molecule has 1 heterocycles. The number of benzene rings is 1. The van der Waals surface area contributed by atoms with Crippen LogP contribution in [-0.2, 0) is 11.2 Å². The number of carbonyl (C=O) groups excluding carboxylic acids is 1. The Labute approximate surface area is 102 Å². The third-order valence-corrected chi connectivity index (χ3v) is 3.09. The number of aryl methyl sites for hydroxylation is 1. The highest BCUT2D eigenvalue weighted by molar-refractivity contribution is 5.94. The molecule has 3 heteroatoms. The SMILES string of the molecule is N#CCCCN1C(=O)CCCc2ccccc21. The second-order valence-electron chi connectivity index (χ2n) is 4.29. The molecule has 2 rings (SSSR count). The molecule has 0 bridgehead atoms. The number of fused-ring (bicyclic) bond motifs is 1. The van der Waals surface area contributed by atoms with Crippen LogP contribution in [0.5, 0.6) is 0 Å². The van der Waals surface area contributed by atoms with E-state index >= 15 is 0 Å². The lowest BCUT2D eigenvalue weighted by Gasteiger charge is -2.22. The molecule has 0 saturated heterocycles. The summed E-state index contributed by atoms with van der Waals surface area (Å²) in [7, 11) is 0. The first-order valence-corrected chi connectivity index (χ1v) is 6.08. The molecule has 0 fully saturated rings. The van der Waals surface area contributed by atoms with Gasteiger partial charge in [0, 0.05) is 25.1 Å². The minimum Gasteiger partial charge on any atom is -0.312 e. The highest BCUT2D eigenvalue weighted by Crippen LogP contribution is 2.26. The summed E-state index contributed by atoms with van der Waals surface area (Å²) in [6.45, 7) is 0.656. The highest BCUT2D eigenvalue weighted by Gasteiger charge is 2.20. The first-order valence-electron chi connectivity index (χ1n) is 6.08. The van der Waals surface area contributed by atoms with Gasteiger partial charge in [0.15, 0.2) is 0 Å². The molecule has 0 radical (unpaired) electrons. The molecule has 0 atom stereocenters. The predicted octanol–water partition coefficient (Wildman–Crippen LogP) is 2.66. The average molecular weight is 228 g/mol. The molecule has 17 heavy (non-hydrogen) atoms. The van der Waals surface area contributed by atoms with Gasteiger partial charge in [-0.15, -0.1) is 0 Å². The topological polar surface area (TPSA) is 44.1 Å². The molecule has 0 unspecified atom stereocenters. The van der Waals surface area contributed by atoms with Crippen LogP contribution in [0.25, 0.3) is 0 Å². The largest absolute Gasteiger partial charge is 0.312 e. The number of anilines is 1. The van der Waals surface area contributed by atoms with Gasteiger partial charge in [-0.3, -0.25) is 4.79 Å². The van der Waals surface area contributed by atoms with Gasteiger partial charge in [0.25, 0.3) is 0 Å². The Morgan fingerprint density at radius 2 is 2.12 bits per heavy atom. The Balaban J connectivity index is 2.21. The maximum Gasteiger partial charge on any atom is 0.226 e. The minimum atomic E-state index is 0.188. The van der Waals surface area contributed by atoms with E-state index < -0.39 is 0 Å². The van der Waals surface area contributed by atoms with Crippen molar-refractivity contribution in [1.82, 2.24) is 0 Å². The monoisotopic (exact) mass is 228 g/mol. The summed E-state index contributed by atoms with van der Waals surface area (Å²) < 4.78 is 0. The van der Waals surface area contributed by atoms with E-state index in [1.165, 1.54) is 5.56 Å². The summed E-state index contributed by atoms with van der Waals surface area (Å²) in [4.78, 5) is 13.9. The van der Waals surface area contributed by atoms with Crippen LogP contribution in [0, 0.1) is 11.3 Å². The summed E-state index contributed by atoms with van der Waals surface area (Å²) in [6.07, 6.45) is 3.75. The molecule has 1 aromatic rings. The van der Waals surface area contributed by atoms with Crippen molar-refractivity contribution in [3.8, 4) is 6.07 Å². The van der Waals surface area contributed by atoms with E-state index in [0.717, 1.165) is 24.9 Å². The van der Waals surface area contributed by atoms with Gasteiger partial charge in [-0.05, 0) is 30.9 Å². The lowest BCUT2D eigenvalue weighted by atomic mass is 10.1. The van der Waals surface area contributed by atoms with Crippen molar-refractivity contribution in [2.24, 2.45) is 0 Å². The van der Waals surface area contributed by atoms with Crippen LogP contribution < -0.4 is 4.90 Å². The summed E-state index contributed by atoms with van der Waals surface area (Å²) in [5.74, 6) is 0.188. The van der Waals surface area contributed by atoms with Crippen LogP contribution in [0.3, 0.4) is 0 Å². The summed E-state index contributed by atoms with van der Waals surface area (Å²) in [5, 5.41) is 8.56. The third-order valence-electron chi connectivity index (χ3n) is 3.09. The number of rotatable bonds is 3. The molecule has 0 spiro atoms. The first-order chi connectivity index (χ1) is 8.33. The Morgan fingerprint density at radius 3 is 2.94 bits per heavy atom. The number of amides is 1. The van der Waals surface area contributed by atoms with Gasteiger partial charge in [0.1, 0.15) is 0 Å². The molecule has 0 saturated carbocycles. The molecule has 1 amide bonds. The van der Waals surface area contributed by atoms with Gasteiger partial charge in [0.05, 0.1) is 6.07 Å². The van der Waals surface area contributed by atoms with Crippen LogP contribution in [0.4, 0.5) is 5.69 Å². The molecule has 88 valence electrons. The normalized spacial score (nSPS) is 15.0. The number of nitriles is 1. The molecule has 3 nitrogen and oxygen atoms in total. The third kappa shape index (κ3) is 2.65. The highest BCUT2D eigenvalue weighted by atomic mass is 16.2. The number of nitrogens with zero attached hydrogens (tertiary/aromatic N) is 2. The molecule has 0 aliphatic carbocycles. The maximum atomic E-state index is 12.0. The van der Waals surface area contributed by atoms with E-state index in [2.05, 4.69) is 12.1 Å². The van der Waals surface area contributed by atoms with Gasteiger partial charge in [-0.1, -0.05) is 18.2 Å². The number of unbranched alkanes of at least 4 members (excludes halogenated alkanes) is 1. The van der Waals surface area contributed by atoms with Gasteiger partial charge in [0.2, 0.25) is 5.91 Å². The van der Waals surface area contributed by atoms with Crippen LogP contribution >= 0.6 is 0 Å². The minimum absolute atomic E-state index is 0.188. The van der Waals surface area contributed by atoms with Crippen molar-refractivity contribution < 1.29 is 4.79 Å². The zero-order chi connectivity index (χ0) is 12.1. The van der Waals surface area contributed by atoms with Crippen molar-refractivity contribution in [3.05, 3.63) is 29.8 Å². The van der Waals surface area contributed by atoms with Crippen molar-refractivity contribution in [1.29, 1.82) is 5.26 Å². The van der Waals surface area contributed by atoms with Crippen molar-refractivity contribution in [2.75, 3.05) is 11.4 Å². The fourth-order valence-electron chi connectivity index (χ4n) is 2.25. The standard InChI is InChI=1S/C14H16N2O/c15-10-3-4-11-16-13-8-2-1-6-12(13)7-5-9-14(16)17/h1-2,6,8H,3-5,7,9,11H2. The quantitative estimate of drug-likeness (QED) is 0.746. The van der Waals surface area contributed by atoms with Crippen LogP contribution in [0.1, 0.15) is 31.2 Å². The lowest BCUT2D eigenvalue weighted by Crippen LogP contribution is -2.31. The zero-order valence-corrected chi connectivity index (χ0v) is 9.85. The zero-order valence-electron chi connectivity index (χ0n) is 9.85. The van der Waals surface area contributed by atoms with E-state index in [1.807, 2.05) is 23.1 Å². The number of hydrogen-bond acceptors (Lipinski definition) is 2. The molecule has 0 N–H and O–H groups in total. The second-order valence-corrected chi connectivity index (χ2v) is 4.29. The fourth-order valence-corrected chi connectivity index (χ4v) is 2.25. The average Bonchev–Trinajstić information content (AvgIpc) is 2.50. The molecule has 0 aromatic heterocycles. The van der Waals surface area contributed by atoms with Gasteiger partial charge >= 0.3 is 0 Å². The van der Waals surface area contributed by atoms with Gasteiger partial charge < -0.3 is 4.90 Å². The first kappa shape index (κ1) is 11.7. The smallest absolute Gasteiger partial charge is 0.226 e. The van der Waals surface area contributed by atoms with Crippen molar-refractivity contribution in [3.63, 3.8) is 0 Å². The lowest BCUT2D eigenvalue weighted by molar-refractivity contribution is -0.118. The Bertz CT molecular complexity index is 448. The number of para-hydroxylation sites is 1. The predicted molar refractivity (Wildman–Crippen MR) is 66.6 cm³/mol. The molecular weight excluding hydrogens is 212 g/mol. The van der Waals surface area contributed by atoms with E-state index in [0.29, 0.717) is 19.4 Å². The Morgan fingerprint density at radius 1 is 1.29 bits per heavy atom. The molecule has 1 aliphatic rings. The van der Waals surface area contributed by atoms with Gasteiger partial charge in [-0.2, -0.15) is 5.26 Å². The van der Waals surface area contributed by atoms with Crippen LogP contribution in [0.15, 0.2) is 24.3 Å².